The van der Waals surface area contributed by atoms with Crippen molar-refractivity contribution in [1.29, 1.82) is 0 Å². The molecule has 0 bridgehead atoms. The average Bonchev–Trinajstić information content (AvgIpc) is 2.08. The largest absolute Gasteiger partial charge is 0.481 e. The molecule has 0 aliphatic rings. The Hall–Kier alpha value is -1.37. The third-order valence-electron chi connectivity index (χ3n) is 1.54. The minimum atomic E-state index is -0.988. The van der Waals surface area contributed by atoms with E-state index >= 15 is 0 Å². The number of carboxylic acids is 1. The molecule has 6 nitrogen and oxygen atoms in total. The van der Waals surface area contributed by atoms with Gasteiger partial charge in [-0.15, -0.1) is 0 Å². The predicted octanol–water partition coefficient (Wildman–Crippen LogP) is -0.157. The zero-order valence-electron chi connectivity index (χ0n) is 6.96. The van der Waals surface area contributed by atoms with Gasteiger partial charge in [0, 0.05) is 5.69 Å². The molecule has 0 aromatic carbocycles. The maximum atomic E-state index is 11.0. The molecule has 0 spiro atoms. The van der Waals surface area contributed by atoms with Crippen LogP contribution in [0.5, 0.6) is 0 Å². The van der Waals surface area contributed by atoms with Gasteiger partial charge in [0.2, 0.25) is 0 Å². The van der Waals surface area contributed by atoms with Crippen molar-refractivity contribution in [2.45, 2.75) is 12.8 Å². The van der Waals surface area contributed by atoms with Crippen LogP contribution < -0.4 is 11.2 Å². The summed E-state index contributed by atoms with van der Waals surface area (Å²) in [6, 6.07) is 0. The minimum absolute atomic E-state index is 0.106. The van der Waals surface area contributed by atoms with Gasteiger partial charge in [-0.1, -0.05) is 0 Å². The molecule has 1 aromatic rings. The van der Waals surface area contributed by atoms with Gasteiger partial charge in [-0.05, 0) is 22.4 Å². The average molecular weight is 263 g/mol. The summed E-state index contributed by atoms with van der Waals surface area (Å²) in [4.78, 5) is 36.5. The van der Waals surface area contributed by atoms with E-state index in [9.17, 15) is 14.4 Å². The number of aromatic nitrogens is 2. The number of hydrogen-bond donors (Lipinski definition) is 3. The molecule has 0 unspecified atom stereocenters. The second kappa shape index (κ2) is 4.23. The van der Waals surface area contributed by atoms with Gasteiger partial charge in [-0.25, -0.2) is 4.79 Å². The Labute approximate surface area is 86.1 Å². The topological polar surface area (TPSA) is 103 Å². The lowest BCUT2D eigenvalue weighted by atomic mass is 10.2. The van der Waals surface area contributed by atoms with Crippen molar-refractivity contribution in [2.24, 2.45) is 0 Å². The van der Waals surface area contributed by atoms with Crippen molar-refractivity contribution in [3.05, 3.63) is 31.0 Å². The molecule has 0 fully saturated rings. The van der Waals surface area contributed by atoms with Crippen molar-refractivity contribution in [3.8, 4) is 0 Å². The van der Waals surface area contributed by atoms with Crippen molar-refractivity contribution in [3.63, 3.8) is 0 Å². The molecule has 1 heterocycles. The van der Waals surface area contributed by atoms with Crippen LogP contribution in [0.15, 0.2) is 14.1 Å². The lowest BCUT2D eigenvalue weighted by Crippen LogP contribution is -2.25. The summed E-state index contributed by atoms with van der Waals surface area (Å²) in [7, 11) is 0. The minimum Gasteiger partial charge on any atom is -0.481 e. The first-order valence-corrected chi connectivity index (χ1v) is 4.53. The zero-order valence-corrected chi connectivity index (χ0v) is 8.55. The number of H-pyrrole nitrogens is 2. The highest BCUT2D eigenvalue weighted by molar-refractivity contribution is 9.10. The molecule has 0 radical (unpaired) electrons. The molecule has 1 aromatic heterocycles. The fourth-order valence-corrected chi connectivity index (χ4v) is 1.32. The van der Waals surface area contributed by atoms with E-state index in [4.69, 9.17) is 5.11 Å². The van der Waals surface area contributed by atoms with Crippen LogP contribution >= 0.6 is 15.9 Å². The van der Waals surface area contributed by atoms with E-state index in [1.54, 1.807) is 0 Å². The molecule has 0 saturated heterocycles. The van der Waals surface area contributed by atoms with E-state index < -0.39 is 17.2 Å². The van der Waals surface area contributed by atoms with Crippen LogP contribution in [0.4, 0.5) is 0 Å². The van der Waals surface area contributed by atoms with Crippen LogP contribution in [0.3, 0.4) is 0 Å². The molecular formula is C7H7BrN2O4. The van der Waals surface area contributed by atoms with Crippen molar-refractivity contribution in [2.75, 3.05) is 0 Å². The molecule has 0 aliphatic heterocycles. The first-order valence-electron chi connectivity index (χ1n) is 3.73. The molecule has 0 saturated carbocycles. The lowest BCUT2D eigenvalue weighted by Gasteiger charge is -1.99. The van der Waals surface area contributed by atoms with Gasteiger partial charge in [0.15, 0.2) is 0 Å². The highest BCUT2D eigenvalue weighted by atomic mass is 79.9. The number of hydrogen-bond acceptors (Lipinski definition) is 3. The molecule has 14 heavy (non-hydrogen) atoms. The van der Waals surface area contributed by atoms with Gasteiger partial charge in [-0.3, -0.25) is 14.6 Å². The van der Waals surface area contributed by atoms with Gasteiger partial charge in [0.25, 0.3) is 5.56 Å². The molecule has 0 aliphatic carbocycles. The Morgan fingerprint density at radius 2 is 2.00 bits per heavy atom. The second-order valence-electron chi connectivity index (χ2n) is 2.59. The van der Waals surface area contributed by atoms with Crippen LogP contribution in [-0.2, 0) is 11.2 Å². The number of halogens is 1. The van der Waals surface area contributed by atoms with E-state index in [1.807, 2.05) is 4.98 Å². The Morgan fingerprint density at radius 3 is 2.57 bits per heavy atom. The van der Waals surface area contributed by atoms with Crippen LogP contribution in [0.25, 0.3) is 0 Å². The summed E-state index contributed by atoms with van der Waals surface area (Å²) in [5.74, 6) is -0.988. The number of carboxylic acid groups (broad SMARTS) is 1. The molecule has 0 atom stereocenters. The highest BCUT2D eigenvalue weighted by Gasteiger charge is 2.07. The van der Waals surface area contributed by atoms with Crippen LogP contribution in [0, 0.1) is 0 Å². The quantitative estimate of drug-likeness (QED) is 0.705. The van der Waals surface area contributed by atoms with Crippen LogP contribution in [0.1, 0.15) is 12.1 Å². The Kier molecular flexibility index (Phi) is 3.23. The van der Waals surface area contributed by atoms with Crippen molar-refractivity contribution >= 4 is 21.9 Å². The van der Waals surface area contributed by atoms with Gasteiger partial charge in [0.1, 0.15) is 4.47 Å². The number of aliphatic carboxylic acids is 1. The van der Waals surface area contributed by atoms with E-state index in [-0.39, 0.29) is 17.3 Å². The van der Waals surface area contributed by atoms with E-state index in [2.05, 4.69) is 20.9 Å². The number of nitrogens with one attached hydrogen (secondary N) is 2. The Bertz CT molecular complexity index is 461. The fourth-order valence-electron chi connectivity index (χ4n) is 0.922. The van der Waals surface area contributed by atoms with Crippen molar-refractivity contribution < 1.29 is 9.90 Å². The molecule has 76 valence electrons. The molecular weight excluding hydrogens is 256 g/mol. The number of rotatable bonds is 3. The summed E-state index contributed by atoms with van der Waals surface area (Å²) in [5, 5.41) is 8.41. The SMILES string of the molecule is O=C(O)CCc1[nH]c(=O)[nH]c(=O)c1Br. The fraction of sp³-hybridized carbons (Fsp3) is 0.286. The summed E-state index contributed by atoms with van der Waals surface area (Å²) in [6.45, 7) is 0. The third kappa shape index (κ3) is 2.56. The second-order valence-corrected chi connectivity index (χ2v) is 3.39. The third-order valence-corrected chi connectivity index (χ3v) is 2.38. The lowest BCUT2D eigenvalue weighted by molar-refractivity contribution is -0.136. The monoisotopic (exact) mass is 262 g/mol. The van der Waals surface area contributed by atoms with E-state index in [0.29, 0.717) is 5.69 Å². The van der Waals surface area contributed by atoms with E-state index in [0.717, 1.165) is 0 Å². The molecule has 1 rings (SSSR count). The smallest absolute Gasteiger partial charge is 0.325 e. The van der Waals surface area contributed by atoms with Gasteiger partial charge < -0.3 is 10.1 Å². The summed E-state index contributed by atoms with van der Waals surface area (Å²) in [5.41, 5.74) is -0.908. The number of aromatic amines is 2. The van der Waals surface area contributed by atoms with Crippen LogP contribution in [0.2, 0.25) is 0 Å². The zero-order chi connectivity index (χ0) is 10.7. The first-order chi connectivity index (χ1) is 6.50. The normalized spacial score (nSPS) is 10.1. The predicted molar refractivity (Wildman–Crippen MR) is 51.3 cm³/mol. The Morgan fingerprint density at radius 1 is 1.36 bits per heavy atom. The maximum absolute atomic E-state index is 11.0. The van der Waals surface area contributed by atoms with Gasteiger partial charge >= 0.3 is 11.7 Å². The molecule has 3 N–H and O–H groups in total. The summed E-state index contributed by atoms with van der Waals surface area (Å²) < 4.78 is 0.165. The number of carbonyl (C=O) groups is 1. The van der Waals surface area contributed by atoms with E-state index in [1.165, 1.54) is 0 Å². The summed E-state index contributed by atoms with van der Waals surface area (Å²) in [6.07, 6.45) is -0.0347. The standard InChI is InChI=1S/C7H7BrN2O4/c8-5-3(1-2-4(11)12)9-7(14)10-6(5)13/h1-2H2,(H,11,12)(H2,9,10,13,14). The van der Waals surface area contributed by atoms with Gasteiger partial charge in [-0.2, -0.15) is 0 Å². The number of aryl methyl sites for hydroxylation is 1. The molecule has 0 amide bonds. The van der Waals surface area contributed by atoms with Gasteiger partial charge in [0.05, 0.1) is 6.42 Å². The Balaban J connectivity index is 3.03. The van der Waals surface area contributed by atoms with Crippen molar-refractivity contribution in [1.82, 2.24) is 9.97 Å². The molecule has 7 heteroatoms. The highest BCUT2D eigenvalue weighted by Crippen LogP contribution is 2.08. The maximum Gasteiger partial charge on any atom is 0.325 e. The van der Waals surface area contributed by atoms with Crippen LogP contribution in [-0.4, -0.2) is 21.0 Å². The summed E-state index contributed by atoms with van der Waals surface area (Å²) >= 11 is 2.96. The first kappa shape index (κ1) is 10.7.